The average molecular weight is 303 g/mol. The van der Waals surface area contributed by atoms with Crippen molar-refractivity contribution < 1.29 is 19.7 Å². The van der Waals surface area contributed by atoms with Crippen molar-refractivity contribution in [2.24, 2.45) is 0 Å². The van der Waals surface area contributed by atoms with Gasteiger partial charge in [0, 0.05) is 11.5 Å². The number of hydrogen-bond donors (Lipinski definition) is 2. The Morgan fingerprint density at radius 1 is 1.23 bits per heavy atom. The summed E-state index contributed by atoms with van der Waals surface area (Å²) in [6, 6.07) is 1.92. The molecule has 0 radical (unpaired) electrons. The van der Waals surface area contributed by atoms with Crippen molar-refractivity contribution in [3.63, 3.8) is 0 Å². The van der Waals surface area contributed by atoms with Crippen LogP contribution in [-0.2, 0) is 0 Å². The van der Waals surface area contributed by atoms with Gasteiger partial charge in [-0.25, -0.2) is 14.8 Å². The number of nitro benzene ring substituents is 2. The van der Waals surface area contributed by atoms with Crippen molar-refractivity contribution in [3.05, 3.63) is 44.4 Å². The maximum atomic E-state index is 11.1. The second kappa shape index (κ2) is 4.44. The van der Waals surface area contributed by atoms with Gasteiger partial charge in [0.15, 0.2) is 0 Å². The molecule has 0 aliphatic rings. The van der Waals surface area contributed by atoms with Crippen LogP contribution in [-0.4, -0.2) is 35.9 Å². The van der Waals surface area contributed by atoms with Crippen molar-refractivity contribution in [1.29, 1.82) is 0 Å². The number of H-pyrrole nitrogens is 1. The number of fused-ring (bicyclic) bond motifs is 3. The van der Waals surface area contributed by atoms with Crippen LogP contribution < -0.4 is 0 Å². The molecule has 1 aromatic carbocycles. The van der Waals surface area contributed by atoms with Crippen LogP contribution in [0.5, 0.6) is 0 Å². The molecule has 2 aromatic heterocycles. The van der Waals surface area contributed by atoms with E-state index in [1.165, 1.54) is 0 Å². The highest BCUT2D eigenvalue weighted by Gasteiger charge is 2.23. The third-order valence-corrected chi connectivity index (χ3v) is 3.00. The molecule has 0 bridgehead atoms. The van der Waals surface area contributed by atoms with E-state index in [4.69, 9.17) is 5.11 Å². The first-order valence-corrected chi connectivity index (χ1v) is 5.73. The monoisotopic (exact) mass is 303 g/mol. The molecule has 0 saturated carbocycles. The molecule has 110 valence electrons. The molecular formula is C11H5N5O6. The quantitative estimate of drug-likeness (QED) is 0.543. The molecule has 0 aliphatic heterocycles. The zero-order valence-electron chi connectivity index (χ0n) is 10.5. The second-order valence-electron chi connectivity index (χ2n) is 4.29. The number of rotatable bonds is 3. The molecule has 0 fully saturated rings. The van der Waals surface area contributed by atoms with Gasteiger partial charge >= 0.3 is 5.97 Å². The van der Waals surface area contributed by atoms with Crippen molar-refractivity contribution in [1.82, 2.24) is 15.0 Å². The molecule has 3 aromatic rings. The lowest BCUT2D eigenvalue weighted by Crippen LogP contribution is -2.02. The fourth-order valence-electron chi connectivity index (χ4n) is 2.10. The van der Waals surface area contributed by atoms with Crippen molar-refractivity contribution >= 4 is 39.3 Å². The van der Waals surface area contributed by atoms with Crippen molar-refractivity contribution in [2.45, 2.75) is 0 Å². The topological polar surface area (TPSA) is 165 Å². The van der Waals surface area contributed by atoms with Crippen LogP contribution >= 0.6 is 0 Å². The molecule has 0 unspecified atom stereocenters. The minimum atomic E-state index is -1.38. The van der Waals surface area contributed by atoms with Gasteiger partial charge in [0.2, 0.25) is 5.82 Å². The highest BCUT2D eigenvalue weighted by molar-refractivity contribution is 6.09. The number of hydrogen-bond acceptors (Lipinski definition) is 7. The molecule has 3 rings (SSSR count). The summed E-state index contributed by atoms with van der Waals surface area (Å²) >= 11 is 0. The molecule has 22 heavy (non-hydrogen) atoms. The Morgan fingerprint density at radius 3 is 2.55 bits per heavy atom. The van der Waals surface area contributed by atoms with Gasteiger partial charge in [-0.1, -0.05) is 0 Å². The second-order valence-corrected chi connectivity index (χ2v) is 4.29. The molecule has 11 heteroatoms. The van der Waals surface area contributed by atoms with E-state index in [0.717, 1.165) is 18.3 Å². The summed E-state index contributed by atoms with van der Waals surface area (Å²) in [7, 11) is 0. The number of non-ortho nitro benzene ring substituents is 2. The predicted molar refractivity (Wildman–Crippen MR) is 71.7 cm³/mol. The van der Waals surface area contributed by atoms with Crippen LogP contribution in [0.2, 0.25) is 0 Å². The minimum absolute atomic E-state index is 0.0161. The van der Waals surface area contributed by atoms with Gasteiger partial charge in [0.25, 0.3) is 11.4 Å². The summed E-state index contributed by atoms with van der Waals surface area (Å²) in [4.78, 5) is 41.4. The number of nitro groups is 2. The normalized spacial score (nSPS) is 10.9. The molecule has 2 heterocycles. The summed E-state index contributed by atoms with van der Waals surface area (Å²) in [6.45, 7) is 0. The lowest BCUT2D eigenvalue weighted by Gasteiger charge is -1.96. The molecule has 2 N–H and O–H groups in total. The Morgan fingerprint density at radius 2 is 1.95 bits per heavy atom. The number of aromatic amines is 1. The number of carbonyl (C=O) groups is 1. The lowest BCUT2D eigenvalue weighted by molar-refractivity contribution is -0.393. The standard InChI is InChI=1S/C11H5N5O6/c17-11(18)10-12-3-6-8(14-10)5-1-4(15(19)20)2-7(16(21)22)9(5)13-6/h1-3,13H,(H,17,18). The fraction of sp³-hybridized carbons (Fsp3) is 0. The Labute approximate surface area is 119 Å². The third-order valence-electron chi connectivity index (χ3n) is 3.00. The van der Waals surface area contributed by atoms with E-state index >= 15 is 0 Å². The van der Waals surface area contributed by atoms with E-state index in [2.05, 4.69) is 15.0 Å². The third kappa shape index (κ3) is 1.88. The number of carboxylic acids is 1. The largest absolute Gasteiger partial charge is 0.475 e. The van der Waals surface area contributed by atoms with Gasteiger partial charge < -0.3 is 10.1 Å². The predicted octanol–water partition coefficient (Wildman–Crippen LogP) is 1.63. The summed E-state index contributed by atoms with van der Waals surface area (Å²) in [5.41, 5.74) is -0.671. The van der Waals surface area contributed by atoms with Gasteiger partial charge in [0.1, 0.15) is 11.0 Å². The van der Waals surface area contributed by atoms with Crippen LogP contribution in [0.25, 0.3) is 21.9 Å². The van der Waals surface area contributed by atoms with E-state index in [9.17, 15) is 25.0 Å². The van der Waals surface area contributed by atoms with Gasteiger partial charge in [0.05, 0.1) is 27.6 Å². The zero-order chi connectivity index (χ0) is 16.0. The van der Waals surface area contributed by atoms with Crippen molar-refractivity contribution in [3.8, 4) is 0 Å². The smallest absolute Gasteiger partial charge is 0.373 e. The fourth-order valence-corrected chi connectivity index (χ4v) is 2.10. The van der Waals surface area contributed by atoms with Crippen LogP contribution in [0.15, 0.2) is 18.3 Å². The van der Waals surface area contributed by atoms with E-state index < -0.39 is 33.0 Å². The highest BCUT2D eigenvalue weighted by atomic mass is 16.6. The van der Waals surface area contributed by atoms with E-state index in [1.54, 1.807) is 0 Å². The van der Waals surface area contributed by atoms with E-state index in [1.807, 2.05) is 0 Å². The number of aromatic carboxylic acids is 1. The van der Waals surface area contributed by atoms with E-state index in [0.29, 0.717) is 0 Å². The number of nitrogens with zero attached hydrogens (tertiary/aromatic N) is 4. The maximum absolute atomic E-state index is 11.1. The SMILES string of the molecule is O=C(O)c1ncc2[nH]c3c([N+](=O)[O-])cc([N+](=O)[O-])cc3c2n1. The van der Waals surface area contributed by atoms with Crippen LogP contribution in [0.4, 0.5) is 11.4 Å². The molecule has 0 amide bonds. The Bertz CT molecular complexity index is 978. The molecule has 0 spiro atoms. The van der Waals surface area contributed by atoms with Crippen LogP contribution in [0.1, 0.15) is 10.6 Å². The van der Waals surface area contributed by atoms with Gasteiger partial charge in [-0.2, -0.15) is 0 Å². The van der Waals surface area contributed by atoms with Gasteiger partial charge in [-0.05, 0) is 0 Å². The molecule has 11 nitrogen and oxygen atoms in total. The van der Waals surface area contributed by atoms with Gasteiger partial charge in [-0.3, -0.25) is 20.2 Å². The Balaban J connectivity index is 2.47. The maximum Gasteiger partial charge on any atom is 0.373 e. The number of benzene rings is 1. The highest BCUT2D eigenvalue weighted by Crippen LogP contribution is 2.34. The number of carboxylic acid groups (broad SMARTS) is 1. The van der Waals surface area contributed by atoms with Crippen LogP contribution in [0.3, 0.4) is 0 Å². The number of nitrogens with one attached hydrogen (secondary N) is 1. The van der Waals surface area contributed by atoms with Crippen molar-refractivity contribution in [2.75, 3.05) is 0 Å². The lowest BCUT2D eigenvalue weighted by atomic mass is 10.2. The molecule has 0 saturated heterocycles. The average Bonchev–Trinajstić information content (AvgIpc) is 2.83. The summed E-state index contributed by atoms with van der Waals surface area (Å²) in [5.74, 6) is -1.89. The first-order chi connectivity index (χ1) is 10.4. The van der Waals surface area contributed by atoms with Crippen LogP contribution in [0, 0.1) is 20.2 Å². The Hall–Kier alpha value is -3.63. The minimum Gasteiger partial charge on any atom is -0.475 e. The first-order valence-electron chi connectivity index (χ1n) is 5.73. The number of aromatic nitrogens is 3. The van der Waals surface area contributed by atoms with E-state index in [-0.39, 0.29) is 21.9 Å². The summed E-state index contributed by atoms with van der Waals surface area (Å²) < 4.78 is 0. The molecule has 0 aliphatic carbocycles. The molecular weight excluding hydrogens is 298 g/mol. The summed E-state index contributed by atoms with van der Waals surface area (Å²) in [6.07, 6.45) is 1.15. The summed E-state index contributed by atoms with van der Waals surface area (Å²) in [5, 5.41) is 30.9. The first kappa shape index (κ1) is 13.4. The Kier molecular flexibility index (Phi) is 2.70. The molecule has 0 atom stereocenters. The van der Waals surface area contributed by atoms with Gasteiger partial charge in [-0.15, -0.1) is 0 Å². The zero-order valence-corrected chi connectivity index (χ0v) is 10.5.